The van der Waals surface area contributed by atoms with E-state index in [4.69, 9.17) is 0 Å². The van der Waals surface area contributed by atoms with E-state index in [0.29, 0.717) is 99.7 Å². The second kappa shape index (κ2) is 49.4. The van der Waals surface area contributed by atoms with Crippen LogP contribution in [-0.2, 0) is 62.4 Å². The second-order valence-electron chi connectivity index (χ2n) is 38.0. The molecule has 4 atom stereocenters. The van der Waals surface area contributed by atoms with Gasteiger partial charge in [-0.2, -0.15) is 92.2 Å². The number of alkyl halides is 21. The second-order valence-corrected chi connectivity index (χ2v) is 38.0. The molecule has 0 aromatic heterocycles. The lowest BCUT2D eigenvalue weighted by atomic mass is 9.85. The monoisotopic (exact) mass is 2040 g/mol. The molecule has 768 valence electrons. The summed E-state index contributed by atoms with van der Waals surface area (Å²) in [5.74, 6) is 4.31. The molecule has 0 aliphatic heterocycles. The molecule has 13 rings (SSSR count). The van der Waals surface area contributed by atoms with Crippen LogP contribution in [0.2, 0.25) is 0 Å². The number of carbonyl (C=O) groups is 4. The number of rotatable bonds is 27. The number of halogens is 21. The molecule has 0 spiro atoms. The Labute approximate surface area is 842 Å². The predicted molar refractivity (Wildman–Crippen MR) is 543 cm³/mol. The molecule has 4 unspecified atom stereocenters. The van der Waals surface area contributed by atoms with E-state index in [9.17, 15) is 111 Å². The smallest absolute Gasteiger partial charge is 0.299 e. The van der Waals surface area contributed by atoms with Crippen LogP contribution >= 0.6 is 0 Å². The van der Waals surface area contributed by atoms with Gasteiger partial charge in [-0.05, 0) is 304 Å². The Balaban J connectivity index is 0.000000201. The van der Waals surface area contributed by atoms with Crippen LogP contribution in [0.5, 0.6) is 0 Å². The summed E-state index contributed by atoms with van der Waals surface area (Å²) < 4.78 is 274. The van der Waals surface area contributed by atoms with Gasteiger partial charge in [-0.15, -0.1) is 0 Å². The van der Waals surface area contributed by atoms with Crippen molar-refractivity contribution in [2.45, 2.75) is 183 Å². The Morgan fingerprint density at radius 1 is 0.218 bits per heavy atom. The van der Waals surface area contributed by atoms with Crippen molar-refractivity contribution in [2.24, 2.45) is 23.7 Å². The molecule has 0 aliphatic rings. The van der Waals surface area contributed by atoms with Crippen molar-refractivity contribution in [1.82, 2.24) is 0 Å². The van der Waals surface area contributed by atoms with Gasteiger partial charge in [-0.25, -0.2) is 0 Å². The standard InChI is InChI=1S/C34H31F3O.C30H23F9O.C29H26F6O.C29H29F3O/c1-23(2)19-33(24(3)38)31-21-26(20-30(22-31)29-15-17-32(18-16-29)34(35,36)37)10-9-25-11-13-28(14-12-25)27-7-5-4-6-8-27;1-17(2)10-27(18(3)40)23-12-19(11-22(15-23)21-6-8-24(9-7-21)28(31,32)33)4-5-20-13-25(29(34,35)36)16-26(14-20)30(37,38)39;1-18(2)14-27(19(3)36)24-16-21(5-4-20-6-10-25(11-7-20)28(30,31)32)15-23(17-24)22-8-12-26(13-9-22)29(33,34)35;1-19(2)15-28(21(4)33)26-17-23(10-9-22-7-5-20(3)6-8-22)16-25(18-26)24-11-13-27(14-12-24)29(30,31)32/h4-18,20-23,33H,19H2,1-3H3;6-9,11-17,27H,10H2,1-3H3;4-13,15-18,27H,14H2,1-3H3;5-14,16-19,28H,15H2,1-4H3/b10-9+;;5-4+;10-9+. The summed E-state index contributed by atoms with van der Waals surface area (Å²) in [5, 5.41) is 0. The summed E-state index contributed by atoms with van der Waals surface area (Å²) in [6.07, 6.45) is -18.5. The number of benzene rings is 13. The molecule has 0 aliphatic carbocycles. The fraction of sp³-hybridized carbons (Fsp3) is 0.262. The van der Waals surface area contributed by atoms with Crippen LogP contribution in [0.4, 0.5) is 92.2 Å². The zero-order valence-corrected chi connectivity index (χ0v) is 82.7. The van der Waals surface area contributed by atoms with Crippen LogP contribution in [-0.4, -0.2) is 23.1 Å². The van der Waals surface area contributed by atoms with Gasteiger partial charge < -0.3 is 0 Å². The summed E-state index contributed by atoms with van der Waals surface area (Å²) in [4.78, 5) is 50.0. The minimum atomic E-state index is -5.04. The third-order valence-electron chi connectivity index (χ3n) is 24.1. The average Bonchev–Trinajstić information content (AvgIpc) is 0.816. The summed E-state index contributed by atoms with van der Waals surface area (Å²) in [6.45, 7) is 24.2. The van der Waals surface area contributed by atoms with Crippen LogP contribution in [0, 0.1) is 42.4 Å². The average molecular weight is 2040 g/mol. The number of Topliss-reactive ketones (excluding diaryl/α,β-unsaturated/α-hetero) is 4. The van der Waals surface area contributed by atoms with Crippen molar-refractivity contribution >= 4 is 59.6 Å². The number of ketones is 4. The van der Waals surface area contributed by atoms with Crippen LogP contribution in [0.1, 0.15) is 244 Å². The first-order valence-corrected chi connectivity index (χ1v) is 47.3. The molecule has 0 radical (unpaired) electrons. The van der Waals surface area contributed by atoms with Crippen molar-refractivity contribution in [3.05, 3.63) is 402 Å². The molecule has 0 saturated carbocycles. The quantitative estimate of drug-likeness (QED) is 0.0292. The first-order valence-electron chi connectivity index (χ1n) is 47.3. The highest BCUT2D eigenvalue weighted by molar-refractivity contribution is 5.89. The number of aryl methyl sites for hydroxylation is 1. The number of carbonyl (C=O) groups excluding carboxylic acids is 4. The third-order valence-corrected chi connectivity index (χ3v) is 24.1. The maximum absolute atomic E-state index is 13.2. The zero-order valence-electron chi connectivity index (χ0n) is 82.7. The van der Waals surface area contributed by atoms with Crippen molar-refractivity contribution in [2.75, 3.05) is 0 Å². The molecular formula is C122H109F21O4. The summed E-state index contributed by atoms with van der Waals surface area (Å²) in [6, 6.07) is 73.4. The Morgan fingerprint density at radius 3 is 0.673 bits per heavy atom. The van der Waals surface area contributed by atoms with Gasteiger partial charge in [0.15, 0.2) is 0 Å². The molecule has 0 amide bonds. The number of hydrogen-bond acceptors (Lipinski definition) is 4. The van der Waals surface area contributed by atoms with Crippen molar-refractivity contribution in [3.63, 3.8) is 0 Å². The Morgan fingerprint density at radius 2 is 0.422 bits per heavy atom. The first kappa shape index (κ1) is 115. The molecule has 13 aromatic rings. The van der Waals surface area contributed by atoms with Gasteiger partial charge in [0.05, 0.1) is 38.9 Å². The predicted octanol–water partition coefficient (Wildman–Crippen LogP) is 37.3. The molecule has 0 bridgehead atoms. The van der Waals surface area contributed by atoms with Gasteiger partial charge >= 0.3 is 43.2 Å². The van der Waals surface area contributed by atoms with Crippen LogP contribution in [0.25, 0.3) is 92.1 Å². The SMILES string of the molecule is CC(=O)C(CC(C)C)c1cc(/C=C/c2ccc(-c3ccccc3)cc2)cc(-c2ccc(C(F)(F)F)cc2)c1.CC(=O)C(CC(C)C)c1cc(/C=C/c2ccc(C(F)(F)F)cc2)cc(-c2ccc(C(F)(F)F)cc2)c1.CC(=O)C(CC(C)C)c1cc(/C=C/c2ccc(C)cc2)cc(-c2ccc(C(F)(F)F)cc2)c1.CC(=O)C(CC(C)C)c1cc(C#Cc2cc(C(F)(F)F)cc(C(F)(F)F)c2)cc(-c2ccc(C(F)(F)F)cc2)c1. The summed E-state index contributed by atoms with van der Waals surface area (Å²) in [7, 11) is 0. The van der Waals surface area contributed by atoms with Crippen LogP contribution < -0.4 is 0 Å². The zero-order chi connectivity index (χ0) is 108. The van der Waals surface area contributed by atoms with Gasteiger partial charge in [-0.3, -0.25) is 19.2 Å². The van der Waals surface area contributed by atoms with Gasteiger partial charge in [0.1, 0.15) is 23.1 Å². The van der Waals surface area contributed by atoms with E-state index in [-0.39, 0.29) is 58.4 Å². The van der Waals surface area contributed by atoms with Gasteiger partial charge in [0.25, 0.3) is 0 Å². The van der Waals surface area contributed by atoms with E-state index in [1.54, 1.807) is 38.1 Å². The highest BCUT2D eigenvalue weighted by atomic mass is 19.4. The van der Waals surface area contributed by atoms with E-state index in [1.807, 2.05) is 150 Å². The normalized spacial score (nSPS) is 13.0. The first-order chi connectivity index (χ1) is 68.7. The maximum Gasteiger partial charge on any atom is 0.416 e. The molecule has 4 nitrogen and oxygen atoms in total. The van der Waals surface area contributed by atoms with Crippen LogP contribution in [0.15, 0.2) is 291 Å². The van der Waals surface area contributed by atoms with E-state index in [0.717, 1.165) is 122 Å². The highest BCUT2D eigenvalue weighted by Crippen LogP contribution is 2.44. The minimum absolute atomic E-state index is 0.00210. The summed E-state index contributed by atoms with van der Waals surface area (Å²) in [5.41, 5.74) is 9.24. The van der Waals surface area contributed by atoms with Gasteiger partial charge in [-0.1, -0.05) is 291 Å². The van der Waals surface area contributed by atoms with Crippen LogP contribution in [0.3, 0.4) is 0 Å². The molecule has 147 heavy (non-hydrogen) atoms. The Kier molecular flexibility index (Phi) is 38.5. The molecule has 0 heterocycles. The molecule has 25 heteroatoms. The molecule has 13 aromatic carbocycles. The lowest BCUT2D eigenvalue weighted by Gasteiger charge is -2.19. The fourth-order valence-corrected chi connectivity index (χ4v) is 16.6. The topological polar surface area (TPSA) is 68.3 Å². The maximum atomic E-state index is 13.2. The largest absolute Gasteiger partial charge is 0.416 e. The van der Waals surface area contributed by atoms with Crippen molar-refractivity contribution in [1.29, 1.82) is 0 Å². The van der Waals surface area contributed by atoms with Crippen molar-refractivity contribution < 1.29 is 111 Å². The van der Waals surface area contributed by atoms with E-state index >= 15 is 0 Å². The lowest BCUT2D eigenvalue weighted by Crippen LogP contribution is -2.12. The van der Waals surface area contributed by atoms with E-state index < -0.39 is 99.6 Å². The number of hydrogen-bond donors (Lipinski definition) is 0. The summed E-state index contributed by atoms with van der Waals surface area (Å²) >= 11 is 0. The lowest BCUT2D eigenvalue weighted by molar-refractivity contribution is -0.143. The van der Waals surface area contributed by atoms with E-state index in [1.165, 1.54) is 92.2 Å². The molecular weight excluding hydrogens is 1930 g/mol. The Hall–Kier alpha value is -14.2. The van der Waals surface area contributed by atoms with Crippen molar-refractivity contribution in [3.8, 4) is 67.5 Å². The van der Waals surface area contributed by atoms with E-state index in [2.05, 4.69) is 75.9 Å². The fourth-order valence-electron chi connectivity index (χ4n) is 16.6. The molecule has 0 saturated heterocycles. The minimum Gasteiger partial charge on any atom is -0.299 e. The molecule has 0 N–H and O–H groups in total. The molecule has 0 fully saturated rings. The van der Waals surface area contributed by atoms with Gasteiger partial charge in [0.2, 0.25) is 0 Å². The Bertz CT molecular complexity index is 6780. The third kappa shape index (κ3) is 34.5. The highest BCUT2D eigenvalue weighted by Gasteiger charge is 2.39. The van der Waals surface area contributed by atoms with Gasteiger partial charge in [0, 0.05) is 34.8 Å².